The molecule has 158 valence electrons. The summed E-state index contributed by atoms with van der Waals surface area (Å²) in [6.07, 6.45) is 2.23. The molecule has 1 aromatic carbocycles. The van der Waals surface area contributed by atoms with Crippen LogP contribution in [0.3, 0.4) is 0 Å². The molecule has 3 aromatic rings. The van der Waals surface area contributed by atoms with E-state index in [-0.39, 0.29) is 0 Å². The standard InChI is InChI=1S/C23H30N6S/c1-17-21(18(2)29(27-17)20-8-5-4-6-9-20)16-25-23(24-3)26-19-11-13-28(14-12-19)22-10-7-15-30-22/h4-10,15,19H,11-14,16H2,1-3H3,(H2,24,25,26). The third-order valence-electron chi connectivity index (χ3n) is 5.75. The summed E-state index contributed by atoms with van der Waals surface area (Å²) in [6.45, 7) is 7.06. The number of guanidine groups is 1. The number of anilines is 1. The Morgan fingerprint density at radius 3 is 2.57 bits per heavy atom. The number of aryl methyl sites for hydroxylation is 1. The van der Waals surface area contributed by atoms with Gasteiger partial charge in [-0.05, 0) is 56.3 Å². The summed E-state index contributed by atoms with van der Waals surface area (Å²) in [4.78, 5) is 6.92. The van der Waals surface area contributed by atoms with E-state index in [0.717, 1.165) is 49.0 Å². The molecule has 0 atom stereocenters. The molecule has 0 spiro atoms. The van der Waals surface area contributed by atoms with Gasteiger partial charge in [-0.25, -0.2) is 4.68 Å². The molecule has 6 nitrogen and oxygen atoms in total. The van der Waals surface area contributed by atoms with Crippen LogP contribution in [0, 0.1) is 13.8 Å². The van der Waals surface area contributed by atoms with E-state index < -0.39 is 0 Å². The second-order valence-electron chi connectivity index (χ2n) is 7.68. The van der Waals surface area contributed by atoms with Gasteiger partial charge >= 0.3 is 0 Å². The van der Waals surface area contributed by atoms with Crippen LogP contribution in [0.25, 0.3) is 5.69 Å². The predicted octanol–water partition coefficient (Wildman–Crippen LogP) is 3.88. The Morgan fingerprint density at radius 1 is 1.13 bits per heavy atom. The lowest BCUT2D eigenvalue weighted by atomic mass is 10.1. The molecule has 3 heterocycles. The van der Waals surface area contributed by atoms with Crippen molar-refractivity contribution in [3.8, 4) is 5.69 Å². The number of hydrogen-bond donors (Lipinski definition) is 2. The molecule has 0 aliphatic carbocycles. The fourth-order valence-electron chi connectivity index (χ4n) is 4.01. The average Bonchev–Trinajstić information content (AvgIpc) is 3.41. The highest BCUT2D eigenvalue weighted by Gasteiger charge is 2.21. The monoisotopic (exact) mass is 422 g/mol. The van der Waals surface area contributed by atoms with Gasteiger partial charge in [0.25, 0.3) is 0 Å². The first-order chi connectivity index (χ1) is 14.7. The second kappa shape index (κ2) is 9.34. The van der Waals surface area contributed by atoms with Gasteiger partial charge in [0, 0.05) is 44.0 Å². The molecular formula is C23H30N6S. The van der Waals surface area contributed by atoms with E-state index in [9.17, 15) is 0 Å². The first-order valence-electron chi connectivity index (χ1n) is 10.5. The molecule has 1 aliphatic heterocycles. The Morgan fingerprint density at radius 2 is 1.90 bits per heavy atom. The molecule has 2 N–H and O–H groups in total. The van der Waals surface area contributed by atoms with Gasteiger partial charge in [-0.3, -0.25) is 4.99 Å². The molecule has 30 heavy (non-hydrogen) atoms. The van der Waals surface area contributed by atoms with Crippen LogP contribution in [0.5, 0.6) is 0 Å². The number of benzene rings is 1. The van der Waals surface area contributed by atoms with E-state index in [4.69, 9.17) is 5.10 Å². The summed E-state index contributed by atoms with van der Waals surface area (Å²) in [5.74, 6) is 0.857. The van der Waals surface area contributed by atoms with Crippen molar-refractivity contribution in [2.75, 3.05) is 25.0 Å². The van der Waals surface area contributed by atoms with Gasteiger partial charge in [-0.1, -0.05) is 18.2 Å². The quantitative estimate of drug-likeness (QED) is 0.484. The minimum atomic E-state index is 0.446. The highest BCUT2D eigenvalue weighted by molar-refractivity contribution is 7.14. The smallest absolute Gasteiger partial charge is 0.191 e. The Balaban J connectivity index is 1.34. The Bertz CT molecular complexity index is 969. The molecule has 7 heteroatoms. The van der Waals surface area contributed by atoms with Crippen molar-refractivity contribution in [2.45, 2.75) is 39.3 Å². The highest BCUT2D eigenvalue weighted by Crippen LogP contribution is 2.24. The summed E-state index contributed by atoms with van der Waals surface area (Å²) in [7, 11) is 1.84. The molecule has 4 rings (SSSR count). The molecule has 2 aromatic heterocycles. The van der Waals surface area contributed by atoms with E-state index in [1.54, 1.807) is 0 Å². The Hall–Kier alpha value is -2.80. The van der Waals surface area contributed by atoms with Crippen molar-refractivity contribution in [1.82, 2.24) is 20.4 Å². The van der Waals surface area contributed by atoms with Gasteiger partial charge in [0.05, 0.1) is 16.4 Å². The zero-order valence-corrected chi connectivity index (χ0v) is 18.7. The summed E-state index contributed by atoms with van der Waals surface area (Å²) in [5.41, 5.74) is 4.51. The van der Waals surface area contributed by atoms with Gasteiger partial charge < -0.3 is 15.5 Å². The number of piperidine rings is 1. The first-order valence-corrected chi connectivity index (χ1v) is 11.4. The number of nitrogens with zero attached hydrogens (tertiary/aromatic N) is 4. The van der Waals surface area contributed by atoms with Crippen LogP contribution in [-0.4, -0.2) is 41.9 Å². The average molecular weight is 423 g/mol. The molecule has 0 unspecified atom stereocenters. The van der Waals surface area contributed by atoms with Crippen molar-refractivity contribution in [3.63, 3.8) is 0 Å². The summed E-state index contributed by atoms with van der Waals surface area (Å²) in [5, 5.41) is 15.4. The maximum absolute atomic E-state index is 4.74. The molecule has 0 radical (unpaired) electrons. The third-order valence-corrected chi connectivity index (χ3v) is 6.68. The van der Waals surface area contributed by atoms with E-state index in [1.165, 1.54) is 10.6 Å². The van der Waals surface area contributed by atoms with Crippen LogP contribution in [-0.2, 0) is 6.54 Å². The van der Waals surface area contributed by atoms with Crippen LogP contribution in [0.15, 0.2) is 52.8 Å². The second-order valence-corrected chi connectivity index (χ2v) is 8.61. The normalized spacial score (nSPS) is 15.4. The molecule has 1 aliphatic rings. The molecule has 1 fully saturated rings. The zero-order chi connectivity index (χ0) is 20.9. The van der Waals surface area contributed by atoms with E-state index in [1.807, 2.05) is 41.3 Å². The lowest BCUT2D eigenvalue weighted by Gasteiger charge is -2.33. The molecule has 0 bridgehead atoms. The fraction of sp³-hybridized carbons (Fsp3) is 0.391. The van der Waals surface area contributed by atoms with Gasteiger partial charge in [-0.2, -0.15) is 5.10 Å². The summed E-state index contributed by atoms with van der Waals surface area (Å²) in [6, 6.07) is 15.1. The summed E-state index contributed by atoms with van der Waals surface area (Å²) < 4.78 is 2.02. The van der Waals surface area contributed by atoms with E-state index in [0.29, 0.717) is 12.6 Å². The highest BCUT2D eigenvalue weighted by atomic mass is 32.1. The maximum atomic E-state index is 4.74. The van der Waals surface area contributed by atoms with Crippen LogP contribution >= 0.6 is 11.3 Å². The number of thiophene rings is 1. The van der Waals surface area contributed by atoms with Crippen LogP contribution < -0.4 is 15.5 Å². The zero-order valence-electron chi connectivity index (χ0n) is 17.9. The number of nitrogens with one attached hydrogen (secondary N) is 2. The van der Waals surface area contributed by atoms with Crippen molar-refractivity contribution < 1.29 is 0 Å². The lowest BCUT2D eigenvalue weighted by Crippen LogP contribution is -2.48. The topological polar surface area (TPSA) is 57.5 Å². The van der Waals surface area contributed by atoms with Crippen LogP contribution in [0.1, 0.15) is 29.8 Å². The fourth-order valence-corrected chi connectivity index (χ4v) is 4.79. The summed E-state index contributed by atoms with van der Waals surface area (Å²) >= 11 is 1.82. The van der Waals surface area contributed by atoms with Gasteiger partial charge in [-0.15, -0.1) is 11.3 Å². The minimum absolute atomic E-state index is 0.446. The van der Waals surface area contributed by atoms with Crippen molar-refractivity contribution in [3.05, 3.63) is 64.8 Å². The SMILES string of the molecule is CN=C(NCc1c(C)nn(-c2ccccc2)c1C)NC1CCN(c2cccs2)CC1. The number of rotatable bonds is 5. The number of para-hydroxylation sites is 1. The predicted molar refractivity (Wildman–Crippen MR) is 126 cm³/mol. The van der Waals surface area contributed by atoms with E-state index in [2.05, 4.69) is 64.0 Å². The number of aliphatic imine (C=N–C) groups is 1. The third kappa shape index (κ3) is 4.51. The lowest BCUT2D eigenvalue weighted by molar-refractivity contribution is 0.462. The van der Waals surface area contributed by atoms with Gasteiger partial charge in [0.15, 0.2) is 5.96 Å². The number of aromatic nitrogens is 2. The maximum Gasteiger partial charge on any atom is 0.191 e. The van der Waals surface area contributed by atoms with Crippen molar-refractivity contribution in [2.24, 2.45) is 4.99 Å². The van der Waals surface area contributed by atoms with Crippen LogP contribution in [0.4, 0.5) is 5.00 Å². The van der Waals surface area contributed by atoms with Gasteiger partial charge in [0.1, 0.15) is 0 Å². The van der Waals surface area contributed by atoms with E-state index >= 15 is 0 Å². The Labute approximate surface area is 182 Å². The molecule has 0 saturated carbocycles. The Kier molecular flexibility index (Phi) is 6.38. The largest absolute Gasteiger partial charge is 0.363 e. The molecular weight excluding hydrogens is 392 g/mol. The molecule has 0 amide bonds. The van der Waals surface area contributed by atoms with Crippen LogP contribution in [0.2, 0.25) is 0 Å². The first kappa shape index (κ1) is 20.5. The van der Waals surface area contributed by atoms with Crippen molar-refractivity contribution >= 4 is 22.3 Å². The number of hydrogen-bond acceptors (Lipinski definition) is 4. The minimum Gasteiger partial charge on any atom is -0.363 e. The van der Waals surface area contributed by atoms with Crippen molar-refractivity contribution in [1.29, 1.82) is 0 Å². The molecule has 1 saturated heterocycles. The van der Waals surface area contributed by atoms with Gasteiger partial charge in [0.2, 0.25) is 0 Å².